The highest BCUT2D eigenvalue weighted by Crippen LogP contribution is 2.34. The number of hydrogen-bond donors (Lipinski definition) is 0. The molecule has 56 heavy (non-hydrogen) atoms. The second-order valence-corrected chi connectivity index (χ2v) is 14.7. The van der Waals surface area contributed by atoms with E-state index >= 15 is 4.39 Å². The Kier molecular flexibility index (Phi) is 15.0. The molecule has 0 saturated heterocycles. The molecular weight excluding hydrogens is 796 g/mol. The predicted molar refractivity (Wildman–Crippen MR) is 223 cm³/mol. The van der Waals surface area contributed by atoms with Crippen molar-refractivity contribution in [3.63, 3.8) is 0 Å². The third kappa shape index (κ3) is 10.9. The molecule has 12 heteroatoms. The van der Waals surface area contributed by atoms with Gasteiger partial charge in [0.15, 0.2) is 0 Å². The number of halogens is 6. The highest BCUT2D eigenvalue weighted by molar-refractivity contribution is 6.35. The Morgan fingerprint density at radius 3 is 2.18 bits per heavy atom. The summed E-state index contributed by atoms with van der Waals surface area (Å²) in [7, 11) is 0. The van der Waals surface area contributed by atoms with Gasteiger partial charge >= 0.3 is 0 Å². The summed E-state index contributed by atoms with van der Waals surface area (Å²) in [6, 6.07) is 22.4. The van der Waals surface area contributed by atoms with Gasteiger partial charge in [-0.15, -0.1) is 0 Å². The minimum atomic E-state index is -0.615. The molecule has 5 rings (SSSR count). The van der Waals surface area contributed by atoms with Crippen LogP contribution in [0.1, 0.15) is 69.3 Å². The first-order valence-corrected chi connectivity index (χ1v) is 19.2. The number of pyridine rings is 1. The van der Waals surface area contributed by atoms with Crippen molar-refractivity contribution in [2.24, 2.45) is 4.99 Å². The van der Waals surface area contributed by atoms with Crippen LogP contribution in [0.5, 0.6) is 0 Å². The first-order valence-electron chi connectivity index (χ1n) is 17.7. The molecule has 0 unspecified atom stereocenters. The largest absolute Gasteiger partial charge is 0.327 e. The number of carbonyl (C=O) groups is 2. The van der Waals surface area contributed by atoms with E-state index in [0.29, 0.717) is 48.8 Å². The van der Waals surface area contributed by atoms with Crippen molar-refractivity contribution < 1.29 is 18.4 Å². The summed E-state index contributed by atoms with van der Waals surface area (Å²) in [4.78, 5) is 39.7. The second-order valence-electron chi connectivity index (χ2n) is 13.0. The number of nitrogens with zero attached hydrogens (tertiary/aromatic N) is 4. The van der Waals surface area contributed by atoms with Crippen LogP contribution in [0.4, 0.5) is 8.78 Å². The van der Waals surface area contributed by atoms with Gasteiger partial charge in [-0.3, -0.25) is 19.6 Å². The van der Waals surface area contributed by atoms with Crippen LogP contribution < -0.4 is 0 Å². The topological polar surface area (TPSA) is 65.9 Å². The molecule has 0 spiro atoms. The van der Waals surface area contributed by atoms with Crippen molar-refractivity contribution in [1.29, 1.82) is 0 Å². The van der Waals surface area contributed by atoms with Gasteiger partial charge in [-0.25, -0.2) is 8.78 Å². The Morgan fingerprint density at radius 1 is 0.804 bits per heavy atom. The zero-order valence-electron chi connectivity index (χ0n) is 30.6. The average Bonchev–Trinajstić information content (AvgIpc) is 3.17. The van der Waals surface area contributed by atoms with E-state index in [1.165, 1.54) is 47.5 Å². The Labute approximate surface area is 345 Å². The van der Waals surface area contributed by atoms with Crippen LogP contribution >= 0.6 is 46.4 Å². The number of rotatable bonds is 15. The molecule has 6 nitrogen and oxygen atoms in total. The fourth-order valence-electron chi connectivity index (χ4n) is 6.36. The lowest BCUT2D eigenvalue weighted by atomic mass is 9.99. The van der Waals surface area contributed by atoms with E-state index in [2.05, 4.69) is 16.7 Å². The van der Waals surface area contributed by atoms with Crippen LogP contribution in [0, 0.1) is 11.6 Å². The molecule has 0 aliphatic carbocycles. The molecular formula is C44H38Cl4F2N4O2. The molecule has 0 aliphatic rings. The molecule has 2 amide bonds. The predicted octanol–water partition coefficient (Wildman–Crippen LogP) is 12.2. The van der Waals surface area contributed by atoms with Crippen LogP contribution in [0.3, 0.4) is 0 Å². The van der Waals surface area contributed by atoms with Gasteiger partial charge in [0.1, 0.15) is 11.6 Å². The molecule has 0 N–H and O–H groups in total. The molecule has 1 aromatic heterocycles. The van der Waals surface area contributed by atoms with Gasteiger partial charge in [-0.2, -0.15) is 0 Å². The summed E-state index contributed by atoms with van der Waals surface area (Å²) in [5, 5.41) is 1.68. The maximum absolute atomic E-state index is 15.3. The molecule has 2 atom stereocenters. The number of aliphatic imine (C=N–C) groups is 1. The number of amides is 2. The van der Waals surface area contributed by atoms with Crippen LogP contribution in [0.25, 0.3) is 0 Å². The highest BCUT2D eigenvalue weighted by atomic mass is 35.5. The lowest BCUT2D eigenvalue weighted by Crippen LogP contribution is -2.39. The second kappa shape index (κ2) is 19.8. The number of hydrogen-bond acceptors (Lipinski definition) is 4. The summed E-state index contributed by atoms with van der Waals surface area (Å²) in [5.74, 6) is -1.97. The molecule has 0 saturated carbocycles. The molecule has 0 aliphatic heterocycles. The average molecular weight is 835 g/mol. The summed E-state index contributed by atoms with van der Waals surface area (Å²) in [5.41, 5.74) is 3.54. The van der Waals surface area contributed by atoms with E-state index in [9.17, 15) is 14.0 Å². The Morgan fingerprint density at radius 2 is 1.52 bits per heavy atom. The third-order valence-electron chi connectivity index (χ3n) is 9.17. The fraction of sp³-hybridized carbons (Fsp3) is 0.182. The van der Waals surface area contributed by atoms with E-state index in [1.54, 1.807) is 84.9 Å². The van der Waals surface area contributed by atoms with Gasteiger partial charge in [-0.1, -0.05) is 89.7 Å². The summed E-state index contributed by atoms with van der Waals surface area (Å²) in [6.07, 6.45) is 9.13. The van der Waals surface area contributed by atoms with Crippen molar-refractivity contribution in [3.05, 3.63) is 192 Å². The molecule has 0 radical (unpaired) electrons. The molecule has 5 aromatic rings. The Bertz CT molecular complexity index is 2270. The summed E-state index contributed by atoms with van der Waals surface area (Å²) in [6.45, 7) is 7.63. The quantitative estimate of drug-likeness (QED) is 0.0779. The first-order chi connectivity index (χ1) is 26.9. The van der Waals surface area contributed by atoms with Crippen molar-refractivity contribution in [2.75, 3.05) is 0 Å². The van der Waals surface area contributed by atoms with E-state index < -0.39 is 35.5 Å². The minimum Gasteiger partial charge on any atom is -0.327 e. The van der Waals surface area contributed by atoms with Crippen molar-refractivity contribution in [2.45, 2.75) is 51.9 Å². The normalized spacial score (nSPS) is 12.7. The molecule has 0 bridgehead atoms. The number of allylic oxidation sites excluding steroid dienone is 1. The van der Waals surface area contributed by atoms with E-state index in [0.717, 1.165) is 5.56 Å². The zero-order valence-corrected chi connectivity index (χ0v) is 33.6. The van der Waals surface area contributed by atoms with Crippen molar-refractivity contribution >= 4 is 64.9 Å². The first kappa shape index (κ1) is 42.3. The molecule has 4 aromatic carbocycles. The van der Waals surface area contributed by atoms with Gasteiger partial charge in [0.2, 0.25) is 0 Å². The number of benzene rings is 4. The number of carbonyl (C=O) groups excluding carboxylic acids is 2. The highest BCUT2D eigenvalue weighted by Gasteiger charge is 2.28. The van der Waals surface area contributed by atoms with E-state index in [4.69, 9.17) is 46.4 Å². The Balaban J connectivity index is 1.44. The molecule has 0 fully saturated rings. The van der Waals surface area contributed by atoms with Crippen LogP contribution in [0.15, 0.2) is 132 Å². The van der Waals surface area contributed by atoms with Gasteiger partial charge in [0.25, 0.3) is 11.8 Å². The molecule has 1 heterocycles. The lowest BCUT2D eigenvalue weighted by molar-refractivity contribution is 0.0651. The van der Waals surface area contributed by atoms with Crippen LogP contribution in [-0.4, -0.2) is 39.4 Å². The van der Waals surface area contributed by atoms with Crippen LogP contribution in [0.2, 0.25) is 20.1 Å². The lowest BCUT2D eigenvalue weighted by Gasteiger charge is -2.32. The SMILES string of the molecule is C=N/C=C(\C=C/Cc1cc(F)cc(C(=O)N(Cc2cccnc2)[C@H](CC)c2ccc(Cl)cc2Cl)c1)[C@H](C)N(Cc1ccc(Cl)cc1Cl)C(=O)c1cccc(F)c1. The maximum Gasteiger partial charge on any atom is 0.254 e. The standard InChI is InChI=1S/C44H38Cl4F2N4O2/c1-4-42(39-16-15-36(46)23-41(39)48)54(26-30-9-7-17-52-24-30)44(56)34-18-29(19-38(50)21-34)8-5-11-32(25-51-3)28(2)53(27-33-13-14-35(45)22-40(33)47)43(55)31-10-6-12-37(49)20-31/h5-7,9-25,28,42H,3-4,8,26-27H2,1-2H3/b11-5-,32-25+/t28-,42+/m0/s1. The van der Waals surface area contributed by atoms with E-state index in [-0.39, 0.29) is 30.6 Å². The van der Waals surface area contributed by atoms with Gasteiger partial charge in [0.05, 0.1) is 12.1 Å². The number of aromatic nitrogens is 1. The third-order valence-corrected chi connectivity index (χ3v) is 10.3. The fourth-order valence-corrected chi connectivity index (χ4v) is 7.36. The summed E-state index contributed by atoms with van der Waals surface area (Å²) < 4.78 is 29.5. The van der Waals surface area contributed by atoms with E-state index in [1.807, 2.05) is 13.0 Å². The van der Waals surface area contributed by atoms with Crippen molar-refractivity contribution in [3.8, 4) is 0 Å². The van der Waals surface area contributed by atoms with Crippen molar-refractivity contribution in [1.82, 2.24) is 14.8 Å². The van der Waals surface area contributed by atoms with Crippen LogP contribution in [-0.2, 0) is 19.5 Å². The minimum absolute atomic E-state index is 0.0692. The maximum atomic E-state index is 15.3. The monoisotopic (exact) mass is 832 g/mol. The van der Waals surface area contributed by atoms with Gasteiger partial charge < -0.3 is 9.80 Å². The zero-order chi connectivity index (χ0) is 40.4. The Hall–Kier alpha value is -4.86. The summed E-state index contributed by atoms with van der Waals surface area (Å²) >= 11 is 25.5. The smallest absolute Gasteiger partial charge is 0.254 e. The molecule has 288 valence electrons. The van der Waals surface area contributed by atoms with Gasteiger partial charge in [-0.05, 0) is 121 Å². The van der Waals surface area contributed by atoms with Gasteiger partial charge in [0, 0.05) is 62.9 Å².